The first-order valence-electron chi connectivity index (χ1n) is 3.57. The highest BCUT2D eigenvalue weighted by Crippen LogP contribution is 2.17. The van der Waals surface area contributed by atoms with Gasteiger partial charge in [-0.05, 0) is 23.8 Å². The second-order valence-corrected chi connectivity index (χ2v) is 2.94. The van der Waals surface area contributed by atoms with Gasteiger partial charge in [0.25, 0.3) is 0 Å². The molecule has 0 amide bonds. The Hall–Kier alpha value is -1.35. The summed E-state index contributed by atoms with van der Waals surface area (Å²) in [5.74, 6) is 0. The molecule has 0 unspecified atom stereocenters. The minimum atomic E-state index is 0.829. The van der Waals surface area contributed by atoms with Gasteiger partial charge in [-0.15, -0.1) is 0 Å². The first kappa shape index (κ1) is 7.31. The Balaban J connectivity index is 2.82. The van der Waals surface area contributed by atoms with Crippen molar-refractivity contribution < 1.29 is 0 Å². The Morgan fingerprint density at radius 2 is 1.92 bits per heavy atom. The number of benzene rings is 1. The van der Waals surface area contributed by atoms with E-state index in [1.165, 1.54) is 0 Å². The van der Waals surface area contributed by atoms with Gasteiger partial charge in [-0.2, -0.15) is 10.2 Å². The highest BCUT2D eigenvalue weighted by atomic mass is 32.1. The Kier molecular flexibility index (Phi) is 1.80. The van der Waals surface area contributed by atoms with Crippen molar-refractivity contribution in [3.63, 3.8) is 0 Å². The molecule has 2 nitrogen and oxygen atoms in total. The fraction of sp³-hybridized carbons (Fsp3) is 0. The second-order valence-electron chi connectivity index (χ2n) is 2.47. The van der Waals surface area contributed by atoms with E-state index in [1.54, 1.807) is 12.4 Å². The van der Waals surface area contributed by atoms with Crippen LogP contribution < -0.4 is 0 Å². The summed E-state index contributed by atoms with van der Waals surface area (Å²) in [5, 5.41) is 7.59. The Bertz CT molecular complexity index is 428. The van der Waals surface area contributed by atoms with E-state index in [2.05, 4.69) is 10.2 Å². The number of rotatable bonds is 0. The monoisotopic (exact) mass is 174 g/mol. The maximum Gasteiger partial charge on any atom is 0.0574 e. The second kappa shape index (κ2) is 2.95. The van der Waals surface area contributed by atoms with Crippen LogP contribution in [0.25, 0.3) is 11.1 Å². The molecule has 0 spiro atoms. The molecule has 1 aliphatic heterocycles. The fourth-order valence-corrected chi connectivity index (χ4v) is 1.26. The lowest BCUT2D eigenvalue weighted by Crippen LogP contribution is -1.75. The van der Waals surface area contributed by atoms with Gasteiger partial charge in [0.2, 0.25) is 0 Å². The Morgan fingerprint density at radius 1 is 1.00 bits per heavy atom. The van der Waals surface area contributed by atoms with Crippen LogP contribution in [0.15, 0.2) is 36.7 Å². The minimum Gasteiger partial charge on any atom is -0.159 e. The van der Waals surface area contributed by atoms with Crippen LogP contribution in [0, 0.1) is 4.51 Å². The molecule has 2 aliphatic rings. The lowest BCUT2D eigenvalue weighted by Gasteiger charge is -1.95. The molecular formula is C9H6N2S. The van der Waals surface area contributed by atoms with Gasteiger partial charge in [0.15, 0.2) is 0 Å². The molecule has 1 aliphatic carbocycles. The highest BCUT2D eigenvalue weighted by molar-refractivity contribution is 7.71. The third kappa shape index (κ3) is 1.31. The number of hydrogen-bond acceptors (Lipinski definition) is 3. The zero-order valence-corrected chi connectivity index (χ0v) is 7.08. The lowest BCUT2D eigenvalue weighted by molar-refractivity contribution is 1.06. The van der Waals surface area contributed by atoms with Crippen LogP contribution in [0.3, 0.4) is 0 Å². The summed E-state index contributed by atoms with van der Waals surface area (Å²) in [6.45, 7) is 0. The van der Waals surface area contributed by atoms with Crippen molar-refractivity contribution in [2.24, 2.45) is 0 Å². The Labute approximate surface area is 75.2 Å². The van der Waals surface area contributed by atoms with E-state index in [-0.39, 0.29) is 0 Å². The average molecular weight is 174 g/mol. The molecule has 12 heavy (non-hydrogen) atoms. The van der Waals surface area contributed by atoms with Gasteiger partial charge in [-0.25, -0.2) is 0 Å². The molecule has 1 heterocycles. The van der Waals surface area contributed by atoms with Crippen molar-refractivity contribution in [2.45, 2.75) is 0 Å². The average Bonchev–Trinajstić information content (AvgIpc) is 2.28. The van der Waals surface area contributed by atoms with E-state index in [1.807, 2.05) is 24.3 Å². The zero-order chi connectivity index (χ0) is 8.39. The Morgan fingerprint density at radius 3 is 2.83 bits per heavy atom. The molecule has 0 aromatic rings. The van der Waals surface area contributed by atoms with E-state index in [4.69, 9.17) is 12.2 Å². The summed E-state index contributed by atoms with van der Waals surface area (Å²) in [6, 6.07) is 7.70. The number of hydrogen-bond donors (Lipinski definition) is 0. The third-order valence-corrected chi connectivity index (χ3v) is 1.90. The molecule has 3 heteroatoms. The molecule has 0 atom stereocenters. The molecule has 0 aromatic heterocycles. The molecule has 0 radical (unpaired) electrons. The number of fused-ring (bicyclic) bond motifs is 1. The lowest BCUT2D eigenvalue weighted by atomic mass is 10.1. The summed E-state index contributed by atoms with van der Waals surface area (Å²) >= 11 is 5.03. The maximum atomic E-state index is 5.03. The quantitative estimate of drug-likeness (QED) is 0.573. The molecule has 0 saturated carbocycles. The summed E-state index contributed by atoms with van der Waals surface area (Å²) in [7, 11) is 0. The maximum absolute atomic E-state index is 5.03. The van der Waals surface area contributed by atoms with Gasteiger partial charge < -0.3 is 0 Å². The summed E-state index contributed by atoms with van der Waals surface area (Å²) in [4.78, 5) is 0. The SMILES string of the molecule is S=c1ccc2ccnncc-2c1. The van der Waals surface area contributed by atoms with Gasteiger partial charge in [0.1, 0.15) is 0 Å². The van der Waals surface area contributed by atoms with Crippen LogP contribution >= 0.6 is 12.2 Å². The van der Waals surface area contributed by atoms with Crippen LogP contribution in [0.4, 0.5) is 0 Å². The molecule has 58 valence electrons. The topological polar surface area (TPSA) is 25.8 Å². The van der Waals surface area contributed by atoms with Gasteiger partial charge in [-0.1, -0.05) is 18.3 Å². The van der Waals surface area contributed by atoms with Crippen molar-refractivity contribution >= 4 is 12.2 Å². The molecular weight excluding hydrogens is 168 g/mol. The first-order valence-corrected chi connectivity index (χ1v) is 3.98. The van der Waals surface area contributed by atoms with Gasteiger partial charge in [0.05, 0.1) is 12.4 Å². The first-order chi connectivity index (χ1) is 5.86. The third-order valence-electron chi connectivity index (χ3n) is 1.64. The molecule has 0 aromatic carbocycles. The molecule has 2 rings (SSSR count). The van der Waals surface area contributed by atoms with E-state index in [9.17, 15) is 0 Å². The molecule has 0 N–H and O–H groups in total. The van der Waals surface area contributed by atoms with Gasteiger partial charge in [-0.3, -0.25) is 0 Å². The van der Waals surface area contributed by atoms with Crippen LogP contribution in [0.1, 0.15) is 0 Å². The van der Waals surface area contributed by atoms with E-state index in [0.717, 1.165) is 15.6 Å². The van der Waals surface area contributed by atoms with E-state index in [0.29, 0.717) is 0 Å². The predicted octanol–water partition coefficient (Wildman–Crippen LogP) is 2.31. The van der Waals surface area contributed by atoms with Gasteiger partial charge in [0, 0.05) is 10.1 Å². The normalized spacial score (nSPS) is 10.0. The predicted molar refractivity (Wildman–Crippen MR) is 49.5 cm³/mol. The number of nitrogens with zero attached hydrogens (tertiary/aromatic N) is 2. The van der Waals surface area contributed by atoms with Crippen LogP contribution in [0.2, 0.25) is 0 Å². The summed E-state index contributed by atoms with van der Waals surface area (Å²) in [5.41, 5.74) is 2.13. The van der Waals surface area contributed by atoms with Crippen molar-refractivity contribution in [2.75, 3.05) is 0 Å². The standard InChI is InChI=1S/C9H6N2S/c12-9-2-1-7-3-4-10-11-6-8(7)5-9/h1-6H. The molecule has 0 saturated heterocycles. The highest BCUT2D eigenvalue weighted by Gasteiger charge is 1.96. The smallest absolute Gasteiger partial charge is 0.0574 e. The van der Waals surface area contributed by atoms with Crippen LogP contribution in [-0.2, 0) is 0 Å². The summed E-state index contributed by atoms with van der Waals surface area (Å²) in [6.07, 6.45) is 3.39. The van der Waals surface area contributed by atoms with Crippen LogP contribution in [-0.4, -0.2) is 10.2 Å². The number of aromatic nitrogens is 2. The minimum absolute atomic E-state index is 0.829. The molecule has 0 bridgehead atoms. The van der Waals surface area contributed by atoms with Gasteiger partial charge >= 0.3 is 0 Å². The van der Waals surface area contributed by atoms with Crippen molar-refractivity contribution in [1.29, 1.82) is 0 Å². The molecule has 0 fully saturated rings. The van der Waals surface area contributed by atoms with Crippen molar-refractivity contribution in [3.05, 3.63) is 41.2 Å². The zero-order valence-electron chi connectivity index (χ0n) is 6.27. The summed E-state index contributed by atoms with van der Waals surface area (Å²) < 4.78 is 0.829. The van der Waals surface area contributed by atoms with E-state index >= 15 is 0 Å². The van der Waals surface area contributed by atoms with Crippen molar-refractivity contribution in [3.8, 4) is 11.1 Å². The van der Waals surface area contributed by atoms with E-state index < -0.39 is 0 Å². The largest absolute Gasteiger partial charge is 0.159 e. The van der Waals surface area contributed by atoms with Crippen LogP contribution in [0.5, 0.6) is 0 Å². The fourth-order valence-electron chi connectivity index (χ4n) is 1.06. The van der Waals surface area contributed by atoms with Crippen molar-refractivity contribution in [1.82, 2.24) is 10.2 Å².